The van der Waals surface area contributed by atoms with E-state index >= 15 is 0 Å². The van der Waals surface area contributed by atoms with Crippen LogP contribution in [-0.4, -0.2) is 25.4 Å². The van der Waals surface area contributed by atoms with Crippen molar-refractivity contribution in [1.29, 1.82) is 0 Å². The van der Waals surface area contributed by atoms with E-state index in [2.05, 4.69) is 43.4 Å². The zero-order valence-corrected chi connectivity index (χ0v) is 12.2. The molecule has 2 rings (SSSR count). The van der Waals surface area contributed by atoms with Crippen LogP contribution in [0.4, 0.5) is 0 Å². The molecular weight excluding hydrogens is 238 g/mol. The van der Waals surface area contributed by atoms with Gasteiger partial charge in [-0.3, -0.25) is 0 Å². The molecule has 106 valence electrons. The number of ether oxygens (including phenoxy) is 2. The molecule has 0 bridgehead atoms. The van der Waals surface area contributed by atoms with Crippen molar-refractivity contribution in [3.8, 4) is 0 Å². The van der Waals surface area contributed by atoms with Crippen LogP contribution >= 0.6 is 0 Å². The van der Waals surface area contributed by atoms with Gasteiger partial charge >= 0.3 is 0 Å². The molecule has 1 N–H and O–H groups in total. The van der Waals surface area contributed by atoms with Crippen molar-refractivity contribution in [1.82, 2.24) is 5.32 Å². The summed E-state index contributed by atoms with van der Waals surface area (Å²) in [4.78, 5) is 0. The summed E-state index contributed by atoms with van der Waals surface area (Å²) in [6.45, 7) is 6.77. The van der Waals surface area contributed by atoms with Gasteiger partial charge in [0.05, 0.1) is 12.2 Å². The summed E-state index contributed by atoms with van der Waals surface area (Å²) < 4.78 is 11.0. The topological polar surface area (TPSA) is 30.5 Å². The third-order valence-corrected chi connectivity index (χ3v) is 3.70. The Hall–Kier alpha value is -0.900. The minimum absolute atomic E-state index is 0.00195. The molecule has 0 aliphatic carbocycles. The first-order valence-corrected chi connectivity index (χ1v) is 7.04. The third-order valence-electron chi connectivity index (χ3n) is 3.70. The Kier molecular flexibility index (Phi) is 4.97. The smallest absolute Gasteiger partial charge is 0.0716 e. The summed E-state index contributed by atoms with van der Waals surface area (Å²) in [5.41, 5.74) is 2.60. The average molecular weight is 263 g/mol. The second-order valence-corrected chi connectivity index (χ2v) is 5.88. The predicted molar refractivity (Wildman–Crippen MR) is 77.0 cm³/mol. The number of methoxy groups -OCH3 is 1. The van der Waals surface area contributed by atoms with Crippen molar-refractivity contribution in [3.05, 3.63) is 35.4 Å². The first kappa shape index (κ1) is 14.5. The van der Waals surface area contributed by atoms with E-state index in [4.69, 9.17) is 9.47 Å². The zero-order valence-electron chi connectivity index (χ0n) is 12.2. The van der Waals surface area contributed by atoms with Crippen molar-refractivity contribution < 1.29 is 9.47 Å². The SMILES string of the molecule is COCc1ccccc1CNC1CCOC(C)(C)C1. The van der Waals surface area contributed by atoms with Crippen molar-refractivity contribution in [3.63, 3.8) is 0 Å². The van der Waals surface area contributed by atoms with Gasteiger partial charge in [0.2, 0.25) is 0 Å². The number of nitrogens with one attached hydrogen (secondary N) is 1. The van der Waals surface area contributed by atoms with Crippen LogP contribution in [0.15, 0.2) is 24.3 Å². The summed E-state index contributed by atoms with van der Waals surface area (Å²) >= 11 is 0. The highest BCUT2D eigenvalue weighted by atomic mass is 16.5. The Bertz CT molecular complexity index is 403. The maximum atomic E-state index is 5.75. The molecule has 0 radical (unpaired) electrons. The highest BCUT2D eigenvalue weighted by Crippen LogP contribution is 2.24. The highest BCUT2D eigenvalue weighted by Gasteiger charge is 2.28. The zero-order chi connectivity index (χ0) is 13.7. The van der Waals surface area contributed by atoms with Crippen LogP contribution in [0.5, 0.6) is 0 Å². The minimum Gasteiger partial charge on any atom is -0.380 e. The summed E-state index contributed by atoms with van der Waals surface area (Å²) in [5.74, 6) is 0. The standard InChI is InChI=1S/C16H25NO2/c1-16(2)10-15(8-9-19-16)17-11-13-6-4-5-7-14(13)12-18-3/h4-7,15,17H,8-12H2,1-3H3. The van der Waals surface area contributed by atoms with Crippen LogP contribution in [0, 0.1) is 0 Å². The minimum atomic E-state index is 0.00195. The molecule has 1 unspecified atom stereocenters. The lowest BCUT2D eigenvalue weighted by molar-refractivity contribution is -0.0630. The first-order valence-electron chi connectivity index (χ1n) is 7.04. The van der Waals surface area contributed by atoms with Gasteiger partial charge in [-0.1, -0.05) is 24.3 Å². The van der Waals surface area contributed by atoms with E-state index in [1.54, 1.807) is 7.11 Å². The quantitative estimate of drug-likeness (QED) is 0.886. The lowest BCUT2D eigenvalue weighted by atomic mass is 9.93. The normalized spacial score (nSPS) is 22.4. The van der Waals surface area contributed by atoms with Gasteiger partial charge in [0, 0.05) is 26.3 Å². The molecule has 19 heavy (non-hydrogen) atoms. The largest absolute Gasteiger partial charge is 0.380 e. The maximum Gasteiger partial charge on any atom is 0.0716 e. The van der Waals surface area contributed by atoms with Gasteiger partial charge < -0.3 is 14.8 Å². The Balaban J connectivity index is 1.91. The predicted octanol–water partition coefficient (Wildman–Crippen LogP) is 2.88. The van der Waals surface area contributed by atoms with Gasteiger partial charge in [-0.2, -0.15) is 0 Å². The Morgan fingerprint density at radius 1 is 1.32 bits per heavy atom. The molecular formula is C16H25NO2. The van der Waals surface area contributed by atoms with E-state index in [1.165, 1.54) is 11.1 Å². The molecule has 1 atom stereocenters. The molecule has 1 aromatic carbocycles. The summed E-state index contributed by atoms with van der Waals surface area (Å²) in [7, 11) is 1.74. The van der Waals surface area contributed by atoms with E-state index < -0.39 is 0 Å². The van der Waals surface area contributed by atoms with E-state index in [1.807, 2.05) is 0 Å². The van der Waals surface area contributed by atoms with Crippen LogP contribution in [0.3, 0.4) is 0 Å². The van der Waals surface area contributed by atoms with Gasteiger partial charge in [0.25, 0.3) is 0 Å². The van der Waals surface area contributed by atoms with E-state index in [9.17, 15) is 0 Å². The van der Waals surface area contributed by atoms with Gasteiger partial charge in [-0.25, -0.2) is 0 Å². The molecule has 3 heteroatoms. The van der Waals surface area contributed by atoms with Crippen LogP contribution < -0.4 is 5.32 Å². The molecule has 1 heterocycles. The van der Waals surface area contributed by atoms with Crippen molar-refractivity contribution in [2.75, 3.05) is 13.7 Å². The first-order chi connectivity index (χ1) is 9.11. The number of hydrogen-bond donors (Lipinski definition) is 1. The summed E-state index contributed by atoms with van der Waals surface area (Å²) in [5, 5.41) is 3.66. The van der Waals surface area contributed by atoms with Gasteiger partial charge in [-0.05, 0) is 37.8 Å². The number of hydrogen-bond acceptors (Lipinski definition) is 3. The molecule has 0 amide bonds. The van der Waals surface area contributed by atoms with E-state index in [0.29, 0.717) is 12.6 Å². The maximum absolute atomic E-state index is 5.75. The molecule has 1 aliphatic heterocycles. The summed E-state index contributed by atoms with van der Waals surface area (Å²) in [6.07, 6.45) is 2.16. The van der Waals surface area contributed by atoms with E-state index in [0.717, 1.165) is 26.0 Å². The van der Waals surface area contributed by atoms with Crippen LogP contribution in [0.2, 0.25) is 0 Å². The highest BCUT2D eigenvalue weighted by molar-refractivity contribution is 5.26. The van der Waals surface area contributed by atoms with Crippen LogP contribution in [0.25, 0.3) is 0 Å². The molecule has 1 fully saturated rings. The van der Waals surface area contributed by atoms with Crippen molar-refractivity contribution >= 4 is 0 Å². The average Bonchev–Trinajstić information content (AvgIpc) is 2.37. The molecule has 0 saturated carbocycles. The van der Waals surface area contributed by atoms with Gasteiger partial charge in [0.15, 0.2) is 0 Å². The Morgan fingerprint density at radius 2 is 2.05 bits per heavy atom. The fraction of sp³-hybridized carbons (Fsp3) is 0.625. The molecule has 1 aromatic rings. The Labute approximate surface area is 116 Å². The molecule has 0 spiro atoms. The van der Waals surface area contributed by atoms with Crippen LogP contribution in [-0.2, 0) is 22.6 Å². The van der Waals surface area contributed by atoms with Crippen molar-refractivity contribution in [2.45, 2.75) is 51.5 Å². The molecule has 1 aliphatic rings. The molecule has 0 aromatic heterocycles. The molecule has 1 saturated heterocycles. The lowest BCUT2D eigenvalue weighted by Crippen LogP contribution is -2.43. The fourth-order valence-corrected chi connectivity index (χ4v) is 2.69. The van der Waals surface area contributed by atoms with Crippen molar-refractivity contribution in [2.24, 2.45) is 0 Å². The Morgan fingerprint density at radius 3 is 2.74 bits per heavy atom. The third kappa shape index (κ3) is 4.30. The fourth-order valence-electron chi connectivity index (χ4n) is 2.69. The monoisotopic (exact) mass is 263 g/mol. The van der Waals surface area contributed by atoms with E-state index in [-0.39, 0.29) is 5.60 Å². The second-order valence-electron chi connectivity index (χ2n) is 5.88. The number of rotatable bonds is 5. The van der Waals surface area contributed by atoms with Gasteiger partial charge in [-0.15, -0.1) is 0 Å². The van der Waals surface area contributed by atoms with Gasteiger partial charge in [0.1, 0.15) is 0 Å². The summed E-state index contributed by atoms with van der Waals surface area (Å²) in [6, 6.07) is 9.00. The molecule has 3 nitrogen and oxygen atoms in total. The lowest BCUT2D eigenvalue weighted by Gasteiger charge is -2.36. The number of benzene rings is 1. The van der Waals surface area contributed by atoms with Crippen LogP contribution in [0.1, 0.15) is 37.8 Å². The second kappa shape index (κ2) is 6.51.